The number of para-hydroxylation sites is 2. The first-order chi connectivity index (χ1) is 29.4. The first-order valence-electron chi connectivity index (χ1n) is 21.1. The molecule has 2 aliphatic carbocycles. The number of benzene rings is 2. The molecule has 8 rings (SSSR count). The number of halogens is 2. The number of methoxy groups -OCH3 is 2. The van der Waals surface area contributed by atoms with E-state index in [0.717, 1.165) is 58.6 Å². The molecule has 2 aliphatic rings. The van der Waals surface area contributed by atoms with E-state index in [-0.39, 0.29) is 16.9 Å². The summed E-state index contributed by atoms with van der Waals surface area (Å²) < 4.78 is 13.5. The molecule has 6 aromatic rings. The zero-order valence-electron chi connectivity index (χ0n) is 35.5. The Kier molecular flexibility index (Phi) is 16.3. The summed E-state index contributed by atoms with van der Waals surface area (Å²) in [5.41, 5.74) is 5.53. The van der Waals surface area contributed by atoms with Crippen molar-refractivity contribution in [3.63, 3.8) is 0 Å². The van der Waals surface area contributed by atoms with E-state index in [0.29, 0.717) is 22.5 Å². The molecule has 0 atom stereocenters. The largest absolute Gasteiger partial charge is 0.496 e. The Morgan fingerprint density at radius 2 is 1.20 bits per heavy atom. The molecule has 4 aromatic heterocycles. The second-order valence-corrected chi connectivity index (χ2v) is 20.0. The highest BCUT2D eigenvalue weighted by atomic mass is 35.5. The Labute approximate surface area is 377 Å². The standard InChI is InChI=1S/C24H27ClN2O2S.C16H21ClN2S.C8H8O3/c1-24(14-6-3-7-15-24)21-16-17(10-11-18-12-13-22(25)30-18)27(26-21)23(28)19-8-4-5-9-20(19)29-2;1-16(9-3-2-4-10-16)14-11-12(18-19-14)5-6-13-7-8-15(17)20-13;1-11-7-5-3-2-4-6(7)8(9)10/h4-5,8-9,12-13,16H,3,6-7,10-11,14-15H2,1-2H3;7-8,11H,2-6,9-10H2,1H3,(H,18,19);2-5H,1H3,(H,9,10). The second-order valence-electron chi connectivity index (χ2n) is 16.4. The summed E-state index contributed by atoms with van der Waals surface area (Å²) in [4.78, 5) is 26.5. The summed E-state index contributed by atoms with van der Waals surface area (Å²) in [5.74, 6) is -0.154. The van der Waals surface area contributed by atoms with Crippen molar-refractivity contribution in [2.75, 3.05) is 14.2 Å². The van der Waals surface area contributed by atoms with Gasteiger partial charge in [-0.1, -0.05) is 99.8 Å². The zero-order chi connectivity index (χ0) is 43.4. The van der Waals surface area contributed by atoms with Gasteiger partial charge in [0.1, 0.15) is 17.1 Å². The van der Waals surface area contributed by atoms with Crippen LogP contribution in [0.5, 0.6) is 11.5 Å². The van der Waals surface area contributed by atoms with Gasteiger partial charge in [0.05, 0.1) is 39.8 Å². The molecular formula is C48H56Cl2N4O5S2. The summed E-state index contributed by atoms with van der Waals surface area (Å²) in [5, 5.41) is 21.3. The summed E-state index contributed by atoms with van der Waals surface area (Å²) >= 11 is 15.3. The number of H-pyrrole nitrogens is 1. The van der Waals surface area contributed by atoms with Gasteiger partial charge in [-0.2, -0.15) is 10.2 Å². The molecular weight excluding hydrogens is 848 g/mol. The van der Waals surface area contributed by atoms with E-state index < -0.39 is 5.97 Å². The maximum atomic E-state index is 13.5. The van der Waals surface area contributed by atoms with Crippen molar-refractivity contribution >= 4 is 57.8 Å². The van der Waals surface area contributed by atoms with Crippen LogP contribution in [0.15, 0.2) is 84.9 Å². The van der Waals surface area contributed by atoms with Gasteiger partial charge in [0.15, 0.2) is 0 Å². The minimum absolute atomic E-state index is 0.0333. The maximum absolute atomic E-state index is 13.5. The first-order valence-corrected chi connectivity index (χ1v) is 23.5. The van der Waals surface area contributed by atoms with E-state index in [1.165, 1.54) is 85.7 Å². The van der Waals surface area contributed by atoms with Crippen LogP contribution < -0.4 is 9.47 Å². The van der Waals surface area contributed by atoms with Crippen LogP contribution in [0.3, 0.4) is 0 Å². The molecule has 2 aromatic carbocycles. The topological polar surface area (TPSA) is 119 Å². The Hall–Kier alpha value is -4.42. The average molecular weight is 904 g/mol. The van der Waals surface area contributed by atoms with Crippen LogP contribution in [0, 0.1) is 0 Å². The molecule has 2 fully saturated rings. The number of hydrogen-bond acceptors (Lipinski definition) is 8. The first kappa shape index (κ1) is 46.1. The number of carboxylic acid groups (broad SMARTS) is 1. The van der Waals surface area contributed by atoms with Gasteiger partial charge in [-0.25, -0.2) is 9.48 Å². The number of ether oxygens (including phenoxy) is 2. The predicted molar refractivity (Wildman–Crippen MR) is 248 cm³/mol. The van der Waals surface area contributed by atoms with Crippen molar-refractivity contribution in [2.45, 2.75) is 115 Å². The van der Waals surface area contributed by atoms with E-state index in [2.05, 4.69) is 48.3 Å². The zero-order valence-corrected chi connectivity index (χ0v) is 38.6. The lowest BCUT2D eigenvalue weighted by molar-refractivity contribution is 0.0693. The van der Waals surface area contributed by atoms with Gasteiger partial charge < -0.3 is 14.6 Å². The average Bonchev–Trinajstić information content (AvgIpc) is 4.11. The Bertz CT molecular complexity index is 2350. The number of aryl methyl sites for hydroxylation is 4. The monoisotopic (exact) mass is 902 g/mol. The van der Waals surface area contributed by atoms with Crippen LogP contribution in [-0.2, 0) is 36.5 Å². The number of hydrogen-bond donors (Lipinski definition) is 2. The molecule has 4 heterocycles. The minimum Gasteiger partial charge on any atom is -0.496 e. The minimum atomic E-state index is -0.970. The van der Waals surface area contributed by atoms with Crippen LogP contribution in [-0.4, -0.2) is 51.2 Å². The molecule has 13 heteroatoms. The smallest absolute Gasteiger partial charge is 0.339 e. The van der Waals surface area contributed by atoms with Gasteiger partial charge in [0.25, 0.3) is 5.91 Å². The third-order valence-electron chi connectivity index (χ3n) is 12.0. The Morgan fingerprint density at radius 3 is 1.70 bits per heavy atom. The van der Waals surface area contributed by atoms with Gasteiger partial charge in [0, 0.05) is 32.0 Å². The van der Waals surface area contributed by atoms with Crippen molar-refractivity contribution in [2.24, 2.45) is 0 Å². The van der Waals surface area contributed by atoms with Crippen molar-refractivity contribution in [3.8, 4) is 11.5 Å². The van der Waals surface area contributed by atoms with E-state index in [1.807, 2.05) is 30.3 Å². The summed E-state index contributed by atoms with van der Waals surface area (Å²) in [6.07, 6.45) is 16.2. The maximum Gasteiger partial charge on any atom is 0.339 e. The Morgan fingerprint density at radius 1 is 0.689 bits per heavy atom. The van der Waals surface area contributed by atoms with Crippen LogP contribution in [0.4, 0.5) is 0 Å². The number of carbonyl (C=O) groups is 2. The number of nitrogens with zero attached hydrogens (tertiary/aromatic N) is 3. The third-order valence-corrected chi connectivity index (χ3v) is 14.5. The quantitative estimate of drug-likeness (QED) is 0.125. The predicted octanol–water partition coefficient (Wildman–Crippen LogP) is 12.8. The summed E-state index contributed by atoms with van der Waals surface area (Å²) in [6, 6.07) is 26.3. The van der Waals surface area contributed by atoms with Gasteiger partial charge in [-0.15, -0.1) is 22.7 Å². The van der Waals surface area contributed by atoms with E-state index in [9.17, 15) is 9.59 Å². The van der Waals surface area contributed by atoms with Crippen molar-refractivity contribution in [3.05, 3.63) is 137 Å². The lowest BCUT2D eigenvalue weighted by atomic mass is 9.73. The highest BCUT2D eigenvalue weighted by Gasteiger charge is 2.33. The molecule has 0 spiro atoms. The molecule has 61 heavy (non-hydrogen) atoms. The number of aromatic amines is 1. The van der Waals surface area contributed by atoms with Crippen molar-refractivity contribution < 1.29 is 24.2 Å². The second kappa shape index (κ2) is 21.6. The molecule has 0 bridgehead atoms. The van der Waals surface area contributed by atoms with E-state index in [1.54, 1.807) is 58.7 Å². The van der Waals surface area contributed by atoms with Crippen LogP contribution >= 0.6 is 45.9 Å². The third kappa shape index (κ3) is 12.2. The molecule has 2 N–H and O–H groups in total. The molecule has 9 nitrogen and oxygen atoms in total. The highest BCUT2D eigenvalue weighted by molar-refractivity contribution is 7.16. The van der Waals surface area contributed by atoms with Crippen molar-refractivity contribution in [1.29, 1.82) is 0 Å². The number of aromatic carboxylic acids is 1. The normalized spacial score (nSPS) is 15.4. The van der Waals surface area contributed by atoms with Gasteiger partial charge >= 0.3 is 5.97 Å². The fourth-order valence-corrected chi connectivity index (χ4v) is 10.5. The number of rotatable bonds is 12. The molecule has 0 aliphatic heterocycles. The molecule has 0 saturated heterocycles. The number of carbonyl (C=O) groups excluding carboxylic acids is 1. The van der Waals surface area contributed by atoms with E-state index in [4.69, 9.17) is 42.9 Å². The van der Waals surface area contributed by atoms with Gasteiger partial charge in [-0.05, 0) is 112 Å². The Balaban J connectivity index is 0.000000172. The van der Waals surface area contributed by atoms with Crippen molar-refractivity contribution in [1.82, 2.24) is 20.0 Å². The molecule has 2 saturated carbocycles. The lowest BCUT2D eigenvalue weighted by Crippen LogP contribution is -2.26. The summed E-state index contributed by atoms with van der Waals surface area (Å²) in [7, 11) is 3.03. The number of carboxylic acids is 1. The highest BCUT2D eigenvalue weighted by Crippen LogP contribution is 2.40. The lowest BCUT2D eigenvalue weighted by Gasteiger charge is -2.31. The fourth-order valence-electron chi connectivity index (χ4n) is 8.28. The molecule has 0 unspecified atom stereocenters. The number of nitrogens with one attached hydrogen (secondary N) is 1. The molecule has 324 valence electrons. The van der Waals surface area contributed by atoms with E-state index >= 15 is 0 Å². The van der Waals surface area contributed by atoms with Crippen LogP contribution in [0.2, 0.25) is 8.67 Å². The fraction of sp³-hybridized carbons (Fsp3) is 0.417. The molecule has 0 amide bonds. The number of thiophene rings is 2. The molecule has 0 radical (unpaired) electrons. The number of aromatic nitrogens is 4. The SMILES string of the molecule is CC1(c2cc(CCc3ccc(Cl)s3)[nH]n2)CCCCC1.COc1ccccc1C(=O)O.COc1ccccc1C(=O)n1nc(C2(C)CCCCC2)cc1CCc1ccc(Cl)s1. The van der Waals surface area contributed by atoms with Gasteiger partial charge in [-0.3, -0.25) is 9.89 Å². The van der Waals surface area contributed by atoms with Crippen LogP contribution in [0.25, 0.3) is 0 Å². The summed E-state index contributed by atoms with van der Waals surface area (Å²) in [6.45, 7) is 4.65. The van der Waals surface area contributed by atoms with Crippen LogP contribution in [0.1, 0.15) is 131 Å². The van der Waals surface area contributed by atoms with Gasteiger partial charge in [0.2, 0.25) is 0 Å².